The zero-order chi connectivity index (χ0) is 19.3. The van der Waals surface area contributed by atoms with E-state index in [-0.39, 0.29) is 16.8 Å². The van der Waals surface area contributed by atoms with Crippen molar-refractivity contribution in [3.63, 3.8) is 0 Å². The lowest BCUT2D eigenvalue weighted by Gasteiger charge is -2.47. The Hall–Kier alpha value is -2.19. The van der Waals surface area contributed by atoms with Gasteiger partial charge in [-0.1, -0.05) is 0 Å². The van der Waals surface area contributed by atoms with Crippen LogP contribution in [0.4, 0.5) is 0 Å². The molecule has 0 saturated carbocycles. The molecule has 28 heavy (non-hydrogen) atoms. The van der Waals surface area contributed by atoms with Gasteiger partial charge in [0, 0.05) is 34.6 Å². The highest BCUT2D eigenvalue weighted by Gasteiger charge is 2.43. The van der Waals surface area contributed by atoms with Crippen molar-refractivity contribution in [3.8, 4) is 0 Å². The molecule has 1 saturated heterocycles. The lowest BCUT2D eigenvalue weighted by atomic mass is 9.97. The molecule has 5 rings (SSSR count). The highest BCUT2D eigenvalue weighted by molar-refractivity contribution is 8.00. The Kier molecular flexibility index (Phi) is 4.28. The normalized spacial score (nSPS) is 25.0. The first-order chi connectivity index (χ1) is 13.6. The summed E-state index contributed by atoms with van der Waals surface area (Å²) in [7, 11) is 0. The van der Waals surface area contributed by atoms with Gasteiger partial charge in [0.05, 0.1) is 19.3 Å². The summed E-state index contributed by atoms with van der Waals surface area (Å²) < 4.78 is 11.8. The fourth-order valence-corrected chi connectivity index (χ4v) is 4.43. The highest BCUT2D eigenvalue weighted by Crippen LogP contribution is 2.39. The second-order valence-electron chi connectivity index (χ2n) is 7.86. The Balaban J connectivity index is 1.63. The maximum Gasteiger partial charge on any atom is 0.162 e. The van der Waals surface area contributed by atoms with Crippen molar-refractivity contribution in [2.75, 3.05) is 32.6 Å². The van der Waals surface area contributed by atoms with Gasteiger partial charge < -0.3 is 24.7 Å². The van der Waals surface area contributed by atoms with Crippen molar-refractivity contribution in [2.24, 2.45) is 4.99 Å². The molecule has 2 N–H and O–H groups in total. The minimum Gasteiger partial charge on any atom is -0.490 e. The molecule has 0 amide bonds. The average Bonchev–Trinajstić information content (AvgIpc) is 3.21. The van der Waals surface area contributed by atoms with Crippen LogP contribution in [0.15, 0.2) is 41.1 Å². The van der Waals surface area contributed by atoms with Crippen LogP contribution in [0, 0.1) is 0 Å². The van der Waals surface area contributed by atoms with Gasteiger partial charge in [0.25, 0.3) is 0 Å². The number of nitrogens with zero attached hydrogens (tertiary/aromatic N) is 3. The van der Waals surface area contributed by atoms with Crippen molar-refractivity contribution < 1.29 is 9.47 Å². The third kappa shape index (κ3) is 2.78. The van der Waals surface area contributed by atoms with Crippen LogP contribution in [0.5, 0.6) is 0 Å². The van der Waals surface area contributed by atoms with E-state index in [0.29, 0.717) is 13.2 Å². The van der Waals surface area contributed by atoms with Gasteiger partial charge in [-0.15, -0.1) is 0 Å². The van der Waals surface area contributed by atoms with Crippen molar-refractivity contribution >= 4 is 28.6 Å². The van der Waals surface area contributed by atoms with Gasteiger partial charge in [-0.2, -0.15) is 11.8 Å². The van der Waals surface area contributed by atoms with Crippen LogP contribution in [0.25, 0.3) is 11.0 Å². The summed E-state index contributed by atoms with van der Waals surface area (Å²) >= 11 is 1.81. The summed E-state index contributed by atoms with van der Waals surface area (Å²) in [5, 5.41) is 4.67. The van der Waals surface area contributed by atoms with Crippen molar-refractivity contribution in [2.45, 2.75) is 30.7 Å². The number of H-pyrrole nitrogens is 1. The number of hydrogen-bond acceptors (Lipinski definition) is 7. The van der Waals surface area contributed by atoms with Crippen LogP contribution in [-0.4, -0.2) is 70.2 Å². The fourth-order valence-electron chi connectivity index (χ4n) is 4.04. The van der Waals surface area contributed by atoms with Crippen LogP contribution in [0.1, 0.15) is 19.4 Å². The molecule has 8 heteroatoms. The minimum atomic E-state index is -0.0999. The summed E-state index contributed by atoms with van der Waals surface area (Å²) in [4.78, 5) is 15.2. The maximum atomic E-state index is 6.27. The number of nitrogens with one attached hydrogen (secondary N) is 2. The van der Waals surface area contributed by atoms with E-state index in [4.69, 9.17) is 14.5 Å². The lowest BCUT2D eigenvalue weighted by Crippen LogP contribution is -2.57. The molecule has 1 fully saturated rings. The van der Waals surface area contributed by atoms with Crippen molar-refractivity contribution in [1.82, 2.24) is 20.2 Å². The second-order valence-corrected chi connectivity index (χ2v) is 9.32. The van der Waals surface area contributed by atoms with Crippen LogP contribution < -0.4 is 5.32 Å². The molecule has 148 valence electrons. The van der Waals surface area contributed by atoms with Gasteiger partial charge in [-0.25, -0.2) is 4.98 Å². The Morgan fingerprint density at radius 2 is 2.18 bits per heavy atom. The number of thioether (sulfide) groups is 1. The average molecular weight is 400 g/mol. The quantitative estimate of drug-likeness (QED) is 0.825. The Morgan fingerprint density at radius 1 is 1.29 bits per heavy atom. The smallest absolute Gasteiger partial charge is 0.162 e. The molecular weight excluding hydrogens is 374 g/mol. The molecule has 3 aliphatic rings. The van der Waals surface area contributed by atoms with Crippen LogP contribution >= 0.6 is 11.8 Å². The molecule has 0 aliphatic carbocycles. The Labute approximate surface area is 168 Å². The zero-order valence-electron chi connectivity index (χ0n) is 16.4. The molecule has 2 aromatic rings. The number of fused-ring (bicyclic) bond motifs is 3. The number of amidine groups is 1. The SMILES string of the molecule is CSC(C)(C)C1N=C(c2ccnc3[nH]ccc23)NC2=C1OCC1COCCN21. The van der Waals surface area contributed by atoms with E-state index in [2.05, 4.69) is 46.4 Å². The highest BCUT2D eigenvalue weighted by atomic mass is 32.2. The van der Waals surface area contributed by atoms with Gasteiger partial charge >= 0.3 is 0 Å². The topological polar surface area (TPSA) is 74.8 Å². The number of pyridine rings is 1. The van der Waals surface area contributed by atoms with Crippen LogP contribution in [0.2, 0.25) is 0 Å². The molecule has 2 aromatic heterocycles. The molecule has 0 radical (unpaired) electrons. The van der Waals surface area contributed by atoms with Crippen molar-refractivity contribution in [3.05, 3.63) is 41.7 Å². The van der Waals surface area contributed by atoms with E-state index in [9.17, 15) is 0 Å². The predicted molar refractivity (Wildman–Crippen MR) is 111 cm³/mol. The van der Waals surface area contributed by atoms with Crippen LogP contribution in [0.3, 0.4) is 0 Å². The van der Waals surface area contributed by atoms with Gasteiger partial charge in [0.15, 0.2) is 5.76 Å². The number of aromatic amines is 1. The monoisotopic (exact) mass is 399 g/mol. The standard InChI is InChI=1S/C20H25N5O2S/c1-20(2,28-3)16-15-19(25-8-9-26-10-12(25)11-27-15)24-18(23-16)14-5-7-22-17-13(14)4-6-21-17/h4-7,12,16H,8-11H2,1-3H3,(H,21,22)(H,23,24). The minimum absolute atomic E-state index is 0.0697. The molecular formula is C20H25N5O2S. The zero-order valence-corrected chi connectivity index (χ0v) is 17.2. The molecule has 2 atom stereocenters. The van der Waals surface area contributed by atoms with E-state index in [0.717, 1.165) is 47.2 Å². The summed E-state index contributed by atoms with van der Waals surface area (Å²) in [5.41, 5.74) is 1.92. The van der Waals surface area contributed by atoms with Gasteiger partial charge in [0.2, 0.25) is 0 Å². The van der Waals surface area contributed by atoms with E-state index in [1.165, 1.54) is 0 Å². The number of hydrogen-bond donors (Lipinski definition) is 2. The first-order valence-corrected chi connectivity index (χ1v) is 10.8. The Bertz CT molecular complexity index is 966. The largest absolute Gasteiger partial charge is 0.490 e. The fraction of sp³-hybridized carbons (Fsp3) is 0.500. The van der Waals surface area contributed by atoms with E-state index < -0.39 is 0 Å². The van der Waals surface area contributed by atoms with Gasteiger partial charge in [-0.05, 0) is 32.2 Å². The molecule has 0 bridgehead atoms. The third-order valence-electron chi connectivity index (χ3n) is 5.82. The molecule has 0 aromatic carbocycles. The second kappa shape index (κ2) is 6.70. The lowest BCUT2D eigenvalue weighted by molar-refractivity contribution is -0.0439. The van der Waals surface area contributed by atoms with Crippen LogP contribution in [-0.2, 0) is 9.47 Å². The van der Waals surface area contributed by atoms with E-state index in [1.807, 2.05) is 30.2 Å². The van der Waals surface area contributed by atoms with Crippen molar-refractivity contribution in [1.29, 1.82) is 0 Å². The number of aromatic nitrogens is 2. The summed E-state index contributed by atoms with van der Waals surface area (Å²) in [6, 6.07) is 4.24. The first-order valence-electron chi connectivity index (χ1n) is 9.62. The van der Waals surface area contributed by atoms with E-state index in [1.54, 1.807) is 0 Å². The summed E-state index contributed by atoms with van der Waals surface area (Å²) in [5.74, 6) is 2.85. The van der Waals surface area contributed by atoms with Gasteiger partial charge in [-0.3, -0.25) is 4.99 Å². The Morgan fingerprint density at radius 3 is 3.04 bits per heavy atom. The molecule has 2 unspecified atom stereocenters. The molecule has 3 aliphatic heterocycles. The number of aliphatic imine (C=N–C) groups is 1. The molecule has 7 nitrogen and oxygen atoms in total. The number of rotatable bonds is 3. The summed E-state index contributed by atoms with van der Waals surface area (Å²) in [6.45, 7) is 7.38. The molecule has 0 spiro atoms. The third-order valence-corrected chi connectivity index (χ3v) is 7.10. The maximum absolute atomic E-state index is 6.27. The van der Waals surface area contributed by atoms with Gasteiger partial charge in [0.1, 0.15) is 30.0 Å². The predicted octanol–water partition coefficient (Wildman–Crippen LogP) is 2.32. The molecule has 5 heterocycles. The number of morpholine rings is 1. The first kappa shape index (κ1) is 17.9. The number of ether oxygens (including phenoxy) is 2. The summed E-state index contributed by atoms with van der Waals surface area (Å²) in [6.07, 6.45) is 5.88. The van der Waals surface area contributed by atoms with E-state index >= 15 is 0 Å².